The zero-order valence-electron chi connectivity index (χ0n) is 15.0. The Morgan fingerprint density at radius 2 is 1.64 bits per heavy atom. The molecule has 4 nitrogen and oxygen atoms in total. The molecule has 0 unspecified atom stereocenters. The summed E-state index contributed by atoms with van der Waals surface area (Å²) in [5.41, 5.74) is 4.45. The Morgan fingerprint density at radius 3 is 2.32 bits per heavy atom. The molecule has 0 aliphatic carbocycles. The second-order valence-corrected chi connectivity index (χ2v) is 6.46. The predicted octanol–water partition coefficient (Wildman–Crippen LogP) is 5.26. The van der Waals surface area contributed by atoms with Gasteiger partial charge in [-0.3, -0.25) is 0 Å². The van der Waals surface area contributed by atoms with Gasteiger partial charge in [-0.05, 0) is 36.1 Å². The highest BCUT2D eigenvalue weighted by Crippen LogP contribution is 2.20. The maximum Gasteiger partial charge on any atom is 0.229 e. The fourth-order valence-corrected chi connectivity index (χ4v) is 2.58. The van der Waals surface area contributed by atoms with Gasteiger partial charge in [0.1, 0.15) is 5.82 Å². The molecule has 2 N–H and O–H groups in total. The average molecular weight is 332 g/mol. The molecule has 4 heteroatoms. The first-order valence-corrected chi connectivity index (χ1v) is 8.60. The largest absolute Gasteiger partial charge is 0.366 e. The molecule has 0 saturated carbocycles. The van der Waals surface area contributed by atoms with Gasteiger partial charge in [-0.2, -0.15) is 4.98 Å². The van der Waals surface area contributed by atoms with Crippen LogP contribution in [0.5, 0.6) is 0 Å². The Kier molecular flexibility index (Phi) is 5.29. The van der Waals surface area contributed by atoms with Crippen LogP contribution in [-0.2, 0) is 6.54 Å². The molecule has 25 heavy (non-hydrogen) atoms. The van der Waals surface area contributed by atoms with Crippen LogP contribution in [0.15, 0.2) is 60.7 Å². The van der Waals surface area contributed by atoms with E-state index in [9.17, 15) is 0 Å². The van der Waals surface area contributed by atoms with E-state index in [1.807, 2.05) is 31.2 Å². The molecule has 0 bridgehead atoms. The second kappa shape index (κ2) is 7.79. The number of benzene rings is 2. The molecule has 0 atom stereocenters. The quantitative estimate of drug-likeness (QED) is 0.646. The minimum absolute atomic E-state index is 0.526. The SMILES string of the molecule is Cc1cc(NCc2ccccc2)nc(Nc2ccc(C(C)C)cc2)n1. The van der Waals surface area contributed by atoms with Gasteiger partial charge in [0.2, 0.25) is 5.95 Å². The Bertz CT molecular complexity index is 811. The van der Waals surface area contributed by atoms with Gasteiger partial charge < -0.3 is 10.6 Å². The monoisotopic (exact) mass is 332 g/mol. The van der Waals surface area contributed by atoms with Crippen LogP contribution in [0.4, 0.5) is 17.5 Å². The molecule has 0 spiro atoms. The molecular weight excluding hydrogens is 308 g/mol. The van der Waals surface area contributed by atoms with E-state index in [2.05, 4.69) is 70.8 Å². The summed E-state index contributed by atoms with van der Waals surface area (Å²) in [7, 11) is 0. The molecule has 1 aromatic heterocycles. The zero-order valence-corrected chi connectivity index (χ0v) is 15.0. The van der Waals surface area contributed by atoms with Crippen LogP contribution in [0.2, 0.25) is 0 Å². The van der Waals surface area contributed by atoms with Crippen LogP contribution < -0.4 is 10.6 Å². The lowest BCUT2D eigenvalue weighted by atomic mass is 10.0. The van der Waals surface area contributed by atoms with Crippen molar-refractivity contribution in [1.82, 2.24) is 9.97 Å². The third-order valence-corrected chi connectivity index (χ3v) is 4.00. The minimum Gasteiger partial charge on any atom is -0.366 e. The first kappa shape index (κ1) is 17.0. The second-order valence-electron chi connectivity index (χ2n) is 6.46. The van der Waals surface area contributed by atoms with Crippen molar-refractivity contribution in [3.05, 3.63) is 77.5 Å². The van der Waals surface area contributed by atoms with E-state index < -0.39 is 0 Å². The summed E-state index contributed by atoms with van der Waals surface area (Å²) in [6.45, 7) is 7.09. The van der Waals surface area contributed by atoms with Crippen molar-refractivity contribution in [2.24, 2.45) is 0 Å². The van der Waals surface area contributed by atoms with E-state index in [1.54, 1.807) is 0 Å². The van der Waals surface area contributed by atoms with Crippen LogP contribution in [0.1, 0.15) is 36.6 Å². The number of aromatic nitrogens is 2. The average Bonchev–Trinajstić information content (AvgIpc) is 2.61. The summed E-state index contributed by atoms with van der Waals surface area (Å²) in [5.74, 6) is 1.95. The molecule has 1 heterocycles. The normalized spacial score (nSPS) is 10.7. The van der Waals surface area contributed by atoms with Crippen molar-refractivity contribution in [2.75, 3.05) is 10.6 Å². The first-order chi connectivity index (χ1) is 12.1. The van der Waals surface area contributed by atoms with Gasteiger partial charge in [0, 0.05) is 24.0 Å². The van der Waals surface area contributed by atoms with Gasteiger partial charge in [0.05, 0.1) is 0 Å². The van der Waals surface area contributed by atoms with E-state index in [0.717, 1.165) is 23.7 Å². The summed E-state index contributed by atoms with van der Waals surface area (Å²) < 4.78 is 0. The molecule has 128 valence electrons. The lowest BCUT2D eigenvalue weighted by Gasteiger charge is -2.11. The van der Waals surface area contributed by atoms with E-state index in [1.165, 1.54) is 11.1 Å². The number of nitrogens with zero attached hydrogens (tertiary/aromatic N) is 2. The molecule has 3 aromatic rings. The lowest BCUT2D eigenvalue weighted by molar-refractivity contribution is 0.867. The molecular formula is C21H24N4. The van der Waals surface area contributed by atoms with Crippen molar-refractivity contribution >= 4 is 17.5 Å². The third-order valence-electron chi connectivity index (χ3n) is 4.00. The molecule has 3 rings (SSSR count). The standard InChI is InChI=1S/C21H24N4/c1-15(2)18-9-11-19(12-10-18)24-21-23-16(3)13-20(25-21)22-14-17-7-5-4-6-8-17/h4-13,15H,14H2,1-3H3,(H2,22,23,24,25). The fraction of sp³-hybridized carbons (Fsp3) is 0.238. The highest BCUT2D eigenvalue weighted by atomic mass is 15.1. The molecule has 2 aromatic carbocycles. The fourth-order valence-electron chi connectivity index (χ4n) is 2.58. The smallest absolute Gasteiger partial charge is 0.229 e. The van der Waals surface area contributed by atoms with Crippen molar-refractivity contribution < 1.29 is 0 Å². The molecule has 0 saturated heterocycles. The Labute approximate surface area is 149 Å². The molecule has 0 fully saturated rings. The molecule has 0 aliphatic rings. The van der Waals surface area contributed by atoms with Gasteiger partial charge in [-0.25, -0.2) is 4.98 Å². The van der Waals surface area contributed by atoms with Crippen molar-refractivity contribution in [3.8, 4) is 0 Å². The van der Waals surface area contributed by atoms with Crippen LogP contribution >= 0.6 is 0 Å². The van der Waals surface area contributed by atoms with Crippen LogP contribution in [0, 0.1) is 6.92 Å². The van der Waals surface area contributed by atoms with Crippen LogP contribution in [0.25, 0.3) is 0 Å². The maximum atomic E-state index is 4.57. The Hall–Kier alpha value is -2.88. The number of hydrogen-bond donors (Lipinski definition) is 2. The van der Waals surface area contributed by atoms with Crippen LogP contribution in [0.3, 0.4) is 0 Å². The summed E-state index contributed by atoms with van der Waals surface area (Å²) in [6.07, 6.45) is 0. The van der Waals surface area contributed by atoms with Crippen molar-refractivity contribution in [3.63, 3.8) is 0 Å². The van der Waals surface area contributed by atoms with Gasteiger partial charge in [-0.1, -0.05) is 56.3 Å². The molecule has 0 radical (unpaired) electrons. The Balaban J connectivity index is 1.70. The van der Waals surface area contributed by atoms with E-state index in [0.29, 0.717) is 11.9 Å². The summed E-state index contributed by atoms with van der Waals surface area (Å²) >= 11 is 0. The van der Waals surface area contributed by atoms with Gasteiger partial charge in [0.15, 0.2) is 0 Å². The maximum absolute atomic E-state index is 4.57. The van der Waals surface area contributed by atoms with Gasteiger partial charge >= 0.3 is 0 Å². The third kappa shape index (κ3) is 4.80. The van der Waals surface area contributed by atoms with Gasteiger partial charge in [0.25, 0.3) is 0 Å². The molecule has 0 amide bonds. The number of aryl methyl sites for hydroxylation is 1. The van der Waals surface area contributed by atoms with Gasteiger partial charge in [-0.15, -0.1) is 0 Å². The van der Waals surface area contributed by atoms with E-state index >= 15 is 0 Å². The van der Waals surface area contributed by atoms with E-state index in [4.69, 9.17) is 0 Å². The predicted molar refractivity (Wildman–Crippen MR) is 104 cm³/mol. The van der Waals surface area contributed by atoms with E-state index in [-0.39, 0.29) is 0 Å². The lowest BCUT2D eigenvalue weighted by Crippen LogP contribution is -2.05. The summed E-state index contributed by atoms with van der Waals surface area (Å²) in [6, 6.07) is 20.6. The minimum atomic E-state index is 0.526. The van der Waals surface area contributed by atoms with Crippen LogP contribution in [-0.4, -0.2) is 9.97 Å². The number of rotatable bonds is 6. The first-order valence-electron chi connectivity index (χ1n) is 8.60. The highest BCUT2D eigenvalue weighted by Gasteiger charge is 2.04. The topological polar surface area (TPSA) is 49.8 Å². The number of hydrogen-bond acceptors (Lipinski definition) is 4. The highest BCUT2D eigenvalue weighted by molar-refractivity contribution is 5.56. The number of anilines is 3. The summed E-state index contributed by atoms with van der Waals surface area (Å²) in [4.78, 5) is 9.05. The Morgan fingerprint density at radius 1 is 0.920 bits per heavy atom. The molecule has 0 aliphatic heterocycles. The van der Waals surface area contributed by atoms with Crippen molar-refractivity contribution in [2.45, 2.75) is 33.2 Å². The zero-order chi connectivity index (χ0) is 17.6. The van der Waals surface area contributed by atoms with Crippen molar-refractivity contribution in [1.29, 1.82) is 0 Å². The number of nitrogens with one attached hydrogen (secondary N) is 2. The summed E-state index contributed by atoms with van der Waals surface area (Å²) in [5, 5.41) is 6.65.